The monoisotopic (exact) mass is 244 g/mol. The summed E-state index contributed by atoms with van der Waals surface area (Å²) in [6.45, 7) is 2.00. The molecule has 0 bridgehead atoms. The van der Waals surface area contributed by atoms with E-state index in [2.05, 4.69) is 0 Å². The van der Waals surface area contributed by atoms with Crippen molar-refractivity contribution < 1.29 is 5.11 Å². The predicted molar refractivity (Wildman–Crippen MR) is 73.2 cm³/mol. The predicted octanol–water partition coefficient (Wildman–Crippen LogP) is 4.52. The Hall–Kier alpha value is -1.73. The summed E-state index contributed by atoms with van der Waals surface area (Å²) in [7, 11) is 0. The van der Waals surface area contributed by atoms with Gasteiger partial charge in [0.1, 0.15) is 5.75 Å². The van der Waals surface area contributed by atoms with E-state index in [4.69, 9.17) is 11.6 Å². The van der Waals surface area contributed by atoms with Gasteiger partial charge in [0.15, 0.2) is 0 Å². The Balaban J connectivity index is 2.29. The molecule has 1 N–H and O–H groups in total. The minimum atomic E-state index is 0.286. The largest absolute Gasteiger partial charge is 0.507 e. The molecular weight excluding hydrogens is 232 g/mol. The van der Waals surface area contributed by atoms with Gasteiger partial charge in [0.05, 0.1) is 0 Å². The van der Waals surface area contributed by atoms with Gasteiger partial charge in [0.25, 0.3) is 0 Å². The lowest BCUT2D eigenvalue weighted by atomic mass is 10.1. The molecular formula is C15H13ClO. The summed E-state index contributed by atoms with van der Waals surface area (Å²) in [5.74, 6) is 0.286. The van der Waals surface area contributed by atoms with Gasteiger partial charge >= 0.3 is 0 Å². The molecule has 0 saturated heterocycles. The molecule has 0 radical (unpaired) electrons. The van der Waals surface area contributed by atoms with Gasteiger partial charge in [-0.3, -0.25) is 0 Å². The van der Waals surface area contributed by atoms with Crippen LogP contribution >= 0.6 is 11.6 Å². The van der Waals surface area contributed by atoms with Gasteiger partial charge in [-0.05, 0) is 36.8 Å². The second-order valence-electron chi connectivity index (χ2n) is 3.95. The Morgan fingerprint density at radius 2 is 1.88 bits per heavy atom. The summed E-state index contributed by atoms with van der Waals surface area (Å²) >= 11 is 5.90. The smallest absolute Gasteiger partial charge is 0.122 e. The topological polar surface area (TPSA) is 20.2 Å². The highest BCUT2D eigenvalue weighted by molar-refractivity contribution is 6.30. The molecule has 0 heterocycles. The van der Waals surface area contributed by atoms with E-state index in [-0.39, 0.29) is 5.75 Å². The van der Waals surface area contributed by atoms with E-state index in [9.17, 15) is 5.11 Å². The van der Waals surface area contributed by atoms with Crippen LogP contribution in [0.1, 0.15) is 16.7 Å². The lowest BCUT2D eigenvalue weighted by Crippen LogP contribution is -1.78. The molecule has 0 amide bonds. The molecule has 0 fully saturated rings. The maximum Gasteiger partial charge on any atom is 0.122 e. The van der Waals surface area contributed by atoms with Gasteiger partial charge in [-0.1, -0.05) is 47.5 Å². The Bertz CT molecular complexity index is 559. The normalized spacial score (nSPS) is 10.9. The van der Waals surface area contributed by atoms with Crippen molar-refractivity contribution in [1.29, 1.82) is 0 Å². The van der Waals surface area contributed by atoms with Crippen LogP contribution in [0.2, 0.25) is 5.02 Å². The zero-order valence-electron chi connectivity index (χ0n) is 9.52. The van der Waals surface area contributed by atoms with Crippen molar-refractivity contribution in [1.82, 2.24) is 0 Å². The number of phenolic OH excluding ortho intramolecular Hbond substituents is 1. The first-order valence-corrected chi connectivity index (χ1v) is 5.76. The number of aryl methyl sites for hydroxylation is 1. The Morgan fingerprint density at radius 3 is 2.65 bits per heavy atom. The van der Waals surface area contributed by atoms with E-state index in [1.165, 1.54) is 0 Å². The molecule has 86 valence electrons. The molecule has 2 rings (SSSR count). The molecule has 2 heteroatoms. The van der Waals surface area contributed by atoms with Gasteiger partial charge < -0.3 is 5.11 Å². The molecule has 0 aliphatic heterocycles. The van der Waals surface area contributed by atoms with Crippen LogP contribution in [0.3, 0.4) is 0 Å². The maximum absolute atomic E-state index is 9.69. The van der Waals surface area contributed by atoms with Crippen molar-refractivity contribution in [3.05, 3.63) is 64.2 Å². The van der Waals surface area contributed by atoms with E-state index in [1.54, 1.807) is 6.07 Å². The minimum absolute atomic E-state index is 0.286. The van der Waals surface area contributed by atoms with Crippen LogP contribution in [0, 0.1) is 6.92 Å². The molecule has 2 aromatic carbocycles. The zero-order chi connectivity index (χ0) is 12.3. The van der Waals surface area contributed by atoms with E-state index < -0.39 is 0 Å². The van der Waals surface area contributed by atoms with E-state index in [0.717, 1.165) is 16.7 Å². The molecule has 17 heavy (non-hydrogen) atoms. The average molecular weight is 245 g/mol. The third-order valence-electron chi connectivity index (χ3n) is 2.49. The number of hydrogen-bond acceptors (Lipinski definition) is 1. The molecule has 1 nitrogen and oxygen atoms in total. The quantitative estimate of drug-likeness (QED) is 0.770. The summed E-state index contributed by atoms with van der Waals surface area (Å²) in [6, 6.07) is 13.1. The molecule has 0 aliphatic rings. The highest BCUT2D eigenvalue weighted by atomic mass is 35.5. The third-order valence-corrected chi connectivity index (χ3v) is 2.72. The van der Waals surface area contributed by atoms with Gasteiger partial charge in [-0.25, -0.2) is 0 Å². The van der Waals surface area contributed by atoms with Gasteiger partial charge in [-0.2, -0.15) is 0 Å². The van der Waals surface area contributed by atoms with Gasteiger partial charge in [-0.15, -0.1) is 0 Å². The molecule has 0 spiro atoms. The molecule has 0 aliphatic carbocycles. The second kappa shape index (κ2) is 5.07. The molecule has 2 aromatic rings. The van der Waals surface area contributed by atoms with E-state index in [1.807, 2.05) is 55.5 Å². The van der Waals surface area contributed by atoms with Crippen LogP contribution in [0.4, 0.5) is 0 Å². The second-order valence-corrected chi connectivity index (χ2v) is 4.39. The fraction of sp³-hybridized carbons (Fsp3) is 0.0667. The molecule has 0 atom stereocenters. The Labute approximate surface area is 106 Å². The summed E-state index contributed by atoms with van der Waals surface area (Å²) in [4.78, 5) is 0. The van der Waals surface area contributed by atoms with Crippen LogP contribution in [-0.2, 0) is 0 Å². The maximum atomic E-state index is 9.69. The van der Waals surface area contributed by atoms with Crippen molar-refractivity contribution in [2.75, 3.05) is 0 Å². The van der Waals surface area contributed by atoms with E-state index >= 15 is 0 Å². The Kier molecular flexibility index (Phi) is 3.50. The average Bonchev–Trinajstić information content (AvgIpc) is 2.30. The number of hydrogen-bond donors (Lipinski definition) is 1. The highest BCUT2D eigenvalue weighted by Gasteiger charge is 1.97. The number of phenols is 1. The van der Waals surface area contributed by atoms with Gasteiger partial charge in [0, 0.05) is 10.6 Å². The minimum Gasteiger partial charge on any atom is -0.507 e. The summed E-state index contributed by atoms with van der Waals surface area (Å²) in [5.41, 5.74) is 2.94. The molecule has 0 aromatic heterocycles. The lowest BCUT2D eigenvalue weighted by molar-refractivity contribution is 0.474. The number of halogens is 1. The summed E-state index contributed by atoms with van der Waals surface area (Å²) in [5, 5.41) is 10.4. The number of aromatic hydroxyl groups is 1. The van der Waals surface area contributed by atoms with Crippen LogP contribution < -0.4 is 0 Å². The van der Waals surface area contributed by atoms with Crippen molar-refractivity contribution in [2.24, 2.45) is 0 Å². The van der Waals surface area contributed by atoms with Crippen molar-refractivity contribution in [3.8, 4) is 5.75 Å². The van der Waals surface area contributed by atoms with Crippen LogP contribution in [0.25, 0.3) is 12.2 Å². The van der Waals surface area contributed by atoms with Crippen LogP contribution in [0.15, 0.2) is 42.5 Å². The SMILES string of the molecule is Cc1ccc(O)c(/C=C/c2cccc(Cl)c2)c1. The van der Waals surface area contributed by atoms with E-state index in [0.29, 0.717) is 5.02 Å². The standard InChI is InChI=1S/C15H13ClO/c1-11-5-8-15(17)13(9-11)7-6-12-3-2-4-14(16)10-12/h2-10,17H,1H3/b7-6+. The van der Waals surface area contributed by atoms with Crippen molar-refractivity contribution >= 4 is 23.8 Å². The zero-order valence-corrected chi connectivity index (χ0v) is 10.3. The first kappa shape index (κ1) is 11.7. The first-order valence-electron chi connectivity index (χ1n) is 5.38. The lowest BCUT2D eigenvalue weighted by Gasteiger charge is -2.00. The fourth-order valence-corrected chi connectivity index (χ4v) is 1.80. The summed E-state index contributed by atoms with van der Waals surface area (Å²) < 4.78 is 0. The summed E-state index contributed by atoms with van der Waals surface area (Å²) in [6.07, 6.45) is 3.81. The first-order chi connectivity index (χ1) is 8.15. The van der Waals surface area contributed by atoms with Crippen LogP contribution in [0.5, 0.6) is 5.75 Å². The van der Waals surface area contributed by atoms with Crippen molar-refractivity contribution in [2.45, 2.75) is 6.92 Å². The highest BCUT2D eigenvalue weighted by Crippen LogP contribution is 2.21. The third kappa shape index (κ3) is 3.11. The van der Waals surface area contributed by atoms with Crippen LogP contribution in [-0.4, -0.2) is 5.11 Å². The number of benzene rings is 2. The molecule has 0 saturated carbocycles. The Morgan fingerprint density at radius 1 is 1.06 bits per heavy atom. The van der Waals surface area contributed by atoms with Gasteiger partial charge in [0.2, 0.25) is 0 Å². The number of rotatable bonds is 2. The van der Waals surface area contributed by atoms with Crippen molar-refractivity contribution in [3.63, 3.8) is 0 Å². The fourth-order valence-electron chi connectivity index (χ4n) is 1.60. The molecule has 0 unspecified atom stereocenters.